The number of hydrogen-bond donors (Lipinski definition) is 2. The van der Waals surface area contributed by atoms with Crippen LogP contribution in [0.25, 0.3) is 0 Å². The van der Waals surface area contributed by atoms with E-state index in [1.165, 1.54) is 5.06 Å². The van der Waals surface area contributed by atoms with Crippen LogP contribution in [0.2, 0.25) is 0 Å². The number of carbonyl (C=O) groups excluding carboxylic acids is 3. The minimum atomic E-state index is -0.773. The van der Waals surface area contributed by atoms with Gasteiger partial charge in [0.15, 0.2) is 0 Å². The molecule has 2 aromatic rings. The first-order valence-corrected chi connectivity index (χ1v) is 14.9. The van der Waals surface area contributed by atoms with E-state index in [0.717, 1.165) is 24.8 Å². The molecule has 1 aromatic heterocycles. The van der Waals surface area contributed by atoms with Crippen LogP contribution in [0.15, 0.2) is 39.7 Å². The van der Waals surface area contributed by atoms with Crippen molar-refractivity contribution in [1.29, 1.82) is 0 Å². The summed E-state index contributed by atoms with van der Waals surface area (Å²) in [7, 11) is 0. The van der Waals surface area contributed by atoms with Crippen LogP contribution in [-0.4, -0.2) is 74.7 Å². The Kier molecular flexibility index (Phi) is 8.56. The molecule has 3 heterocycles. The third-order valence-corrected chi connectivity index (χ3v) is 7.35. The minimum absolute atomic E-state index is 0.0395. The highest BCUT2D eigenvalue weighted by Gasteiger charge is 2.51. The summed E-state index contributed by atoms with van der Waals surface area (Å²) in [6, 6.07) is 9.10. The van der Waals surface area contributed by atoms with Crippen LogP contribution in [0.1, 0.15) is 90.6 Å². The van der Waals surface area contributed by atoms with Gasteiger partial charge in [-0.25, -0.2) is 14.4 Å². The van der Waals surface area contributed by atoms with Crippen molar-refractivity contribution >= 4 is 24.2 Å². The van der Waals surface area contributed by atoms with Gasteiger partial charge >= 0.3 is 18.2 Å². The van der Waals surface area contributed by atoms with Gasteiger partial charge < -0.3 is 18.8 Å². The number of fused-ring (bicyclic) bond motifs is 2. The molecule has 1 saturated carbocycles. The molecule has 0 radical (unpaired) electrons. The van der Waals surface area contributed by atoms with Crippen molar-refractivity contribution in [3.8, 4) is 0 Å². The molecular weight excluding hydrogens is 570 g/mol. The third-order valence-electron chi connectivity index (χ3n) is 7.35. The second-order valence-corrected chi connectivity index (χ2v) is 13.4. The monoisotopic (exact) mass is 611 g/mol. The summed E-state index contributed by atoms with van der Waals surface area (Å²) in [6.07, 6.45) is 1.31. The van der Waals surface area contributed by atoms with Gasteiger partial charge in [0.25, 0.3) is 0 Å². The number of piperidine rings is 1. The summed E-state index contributed by atoms with van der Waals surface area (Å²) < 4.78 is 16.8. The van der Waals surface area contributed by atoms with E-state index in [4.69, 9.17) is 18.7 Å². The molecule has 4 amide bonds. The number of rotatable bonds is 7. The molecule has 2 bridgehead atoms. The molecule has 2 unspecified atom stereocenters. The molecular formula is C30H41N7O7. The van der Waals surface area contributed by atoms with Crippen molar-refractivity contribution < 1.29 is 33.1 Å². The van der Waals surface area contributed by atoms with Gasteiger partial charge in [0.05, 0.1) is 18.0 Å². The number of aromatic nitrogens is 2. The van der Waals surface area contributed by atoms with E-state index in [0.29, 0.717) is 31.4 Å². The highest BCUT2D eigenvalue weighted by Crippen LogP contribution is 2.48. The number of urea groups is 1. The quantitative estimate of drug-likeness (QED) is 0.337. The molecule has 3 fully saturated rings. The van der Waals surface area contributed by atoms with Crippen LogP contribution in [0.5, 0.6) is 0 Å². The fourth-order valence-electron chi connectivity index (χ4n) is 5.09. The summed E-state index contributed by atoms with van der Waals surface area (Å²) in [5, 5.41) is 15.1. The molecule has 2 aliphatic heterocycles. The van der Waals surface area contributed by atoms with Crippen molar-refractivity contribution in [2.24, 2.45) is 4.99 Å². The number of carbonyl (C=O) groups is 3. The molecule has 1 aliphatic carbocycles. The Balaban J connectivity index is 1.25. The van der Waals surface area contributed by atoms with Crippen molar-refractivity contribution in [2.45, 2.75) is 103 Å². The molecule has 2 atom stereocenters. The van der Waals surface area contributed by atoms with E-state index in [1.807, 2.05) is 30.3 Å². The molecule has 1 aromatic carbocycles. The Morgan fingerprint density at radius 2 is 1.64 bits per heavy atom. The van der Waals surface area contributed by atoms with Crippen molar-refractivity contribution in [1.82, 2.24) is 30.8 Å². The first-order valence-electron chi connectivity index (χ1n) is 14.9. The van der Waals surface area contributed by atoms with Crippen molar-refractivity contribution in [3.63, 3.8) is 0 Å². The average molecular weight is 612 g/mol. The highest BCUT2D eigenvalue weighted by molar-refractivity contribution is 6.01. The van der Waals surface area contributed by atoms with Gasteiger partial charge in [0, 0.05) is 6.54 Å². The van der Waals surface area contributed by atoms with E-state index in [9.17, 15) is 14.4 Å². The molecule has 5 rings (SSSR count). The van der Waals surface area contributed by atoms with Crippen molar-refractivity contribution in [2.75, 3.05) is 13.1 Å². The maximum atomic E-state index is 13.3. The molecule has 14 nitrogen and oxygen atoms in total. The Hall–Kier alpha value is -4.20. The fourth-order valence-corrected chi connectivity index (χ4v) is 5.09. The number of amides is 4. The number of benzene rings is 1. The normalized spacial score (nSPS) is 20.6. The van der Waals surface area contributed by atoms with E-state index < -0.39 is 28.8 Å². The van der Waals surface area contributed by atoms with E-state index in [2.05, 4.69) is 25.8 Å². The Bertz CT molecular complexity index is 1360. The summed E-state index contributed by atoms with van der Waals surface area (Å²) in [5.74, 6) is 0.651. The van der Waals surface area contributed by atoms with Gasteiger partial charge in [-0.15, -0.1) is 10.2 Å². The molecule has 2 N–H and O–H groups in total. The smallest absolute Gasteiger partial charge is 0.414 e. The lowest BCUT2D eigenvalue weighted by atomic mass is 10.0. The zero-order valence-corrected chi connectivity index (χ0v) is 26.1. The van der Waals surface area contributed by atoms with Gasteiger partial charge in [-0.3, -0.25) is 20.5 Å². The second-order valence-electron chi connectivity index (χ2n) is 13.4. The van der Waals surface area contributed by atoms with Crippen LogP contribution in [-0.2, 0) is 26.3 Å². The largest absolute Gasteiger partial charge is 0.444 e. The maximum absolute atomic E-state index is 13.3. The SMILES string of the molecule is CC(C)(C)OC(=O)NC(=NCC1(c2nnc(C3CCC4CN3C(=O)N4OCc3ccccc3)o2)CC1)NC(=O)OC(C)(C)C. The topological polar surface area (TPSA) is 161 Å². The molecule has 3 aliphatic rings. The molecule has 2 saturated heterocycles. The lowest BCUT2D eigenvalue weighted by Crippen LogP contribution is -2.47. The Morgan fingerprint density at radius 1 is 1.00 bits per heavy atom. The summed E-state index contributed by atoms with van der Waals surface area (Å²) in [6.45, 7) is 11.4. The lowest BCUT2D eigenvalue weighted by Gasteiger charge is -2.27. The number of hydrogen-bond acceptors (Lipinski definition) is 10. The van der Waals surface area contributed by atoms with Crippen LogP contribution in [0, 0.1) is 0 Å². The second kappa shape index (κ2) is 12.1. The number of alkyl carbamates (subject to hydrolysis) is 2. The van der Waals surface area contributed by atoms with Gasteiger partial charge in [0.2, 0.25) is 17.7 Å². The molecule has 44 heavy (non-hydrogen) atoms. The van der Waals surface area contributed by atoms with Crippen LogP contribution in [0.3, 0.4) is 0 Å². The van der Waals surface area contributed by atoms with Gasteiger partial charge in [-0.2, -0.15) is 5.06 Å². The standard InChI is InChI=1S/C30H41N7O7/c1-28(2,3)43-25(38)32-24(33-26(39)44-29(4,5)6)31-18-30(14-15-30)23-35-34-22(42-23)21-13-12-20-16-36(21)27(40)37(20)41-17-19-10-8-7-9-11-19/h7-11,20-21H,12-18H2,1-6H3,(H2,31,32,33,38,39). The lowest BCUT2D eigenvalue weighted by molar-refractivity contribution is -0.140. The van der Waals surface area contributed by atoms with E-state index >= 15 is 0 Å². The Morgan fingerprint density at radius 3 is 2.23 bits per heavy atom. The van der Waals surface area contributed by atoms with Gasteiger partial charge in [-0.05, 0) is 72.8 Å². The Labute approximate surface area is 256 Å². The zero-order chi connectivity index (χ0) is 31.7. The summed E-state index contributed by atoms with van der Waals surface area (Å²) >= 11 is 0. The van der Waals surface area contributed by atoms with Gasteiger partial charge in [0.1, 0.15) is 23.9 Å². The van der Waals surface area contributed by atoms with Crippen LogP contribution >= 0.6 is 0 Å². The average Bonchev–Trinajstić information content (AvgIpc) is 3.48. The first kappa shape index (κ1) is 31.2. The zero-order valence-electron chi connectivity index (χ0n) is 26.1. The summed E-state index contributed by atoms with van der Waals surface area (Å²) in [4.78, 5) is 50.3. The number of ether oxygens (including phenoxy) is 2. The van der Waals surface area contributed by atoms with E-state index in [-0.39, 0.29) is 30.6 Å². The minimum Gasteiger partial charge on any atom is -0.444 e. The maximum Gasteiger partial charge on any atom is 0.414 e. The van der Waals surface area contributed by atoms with Gasteiger partial charge in [-0.1, -0.05) is 30.3 Å². The number of hydroxylamine groups is 2. The highest BCUT2D eigenvalue weighted by atomic mass is 16.7. The number of aliphatic imine (C=N–C) groups is 1. The van der Waals surface area contributed by atoms with E-state index in [1.54, 1.807) is 46.4 Å². The molecule has 238 valence electrons. The molecule has 0 spiro atoms. The fraction of sp³-hybridized carbons (Fsp3) is 0.600. The van der Waals surface area contributed by atoms with Crippen LogP contribution < -0.4 is 10.6 Å². The van der Waals surface area contributed by atoms with Crippen molar-refractivity contribution in [3.05, 3.63) is 47.7 Å². The third kappa shape index (κ3) is 7.65. The predicted octanol–water partition coefficient (Wildman–Crippen LogP) is 4.58. The van der Waals surface area contributed by atoms with Crippen LogP contribution in [0.4, 0.5) is 14.4 Å². The number of guanidine groups is 1. The first-order chi connectivity index (χ1) is 20.7. The summed E-state index contributed by atoms with van der Waals surface area (Å²) in [5.41, 5.74) is -1.07. The number of nitrogens with zero attached hydrogens (tertiary/aromatic N) is 5. The molecule has 14 heteroatoms. The predicted molar refractivity (Wildman–Crippen MR) is 157 cm³/mol. The number of nitrogens with one attached hydrogen (secondary N) is 2.